The van der Waals surface area contributed by atoms with E-state index in [0.29, 0.717) is 19.3 Å². The molecule has 0 aromatic carbocycles. The summed E-state index contributed by atoms with van der Waals surface area (Å²) in [6.07, 6.45) is 1.04. The Hall–Kier alpha value is -1.18. The molecular formula is C24H38O7. The summed E-state index contributed by atoms with van der Waals surface area (Å²) in [4.78, 5) is 25.2. The first-order valence-electron chi connectivity index (χ1n) is 12.9. The van der Waals surface area contributed by atoms with Crippen LogP contribution in [0.2, 0.25) is 0 Å². The van der Waals surface area contributed by atoms with Crippen LogP contribution in [-0.2, 0) is 28.5 Å². The van der Waals surface area contributed by atoms with Crippen LogP contribution in [0.1, 0.15) is 70.3 Å². The lowest BCUT2D eigenvalue weighted by atomic mass is 9.37. The number of fused-ring (bicyclic) bond motifs is 2. The Labute approximate surface area is 189 Å². The molecule has 1 N–H and O–H groups in total. The molecule has 4 aliphatic rings. The molecule has 3 saturated carbocycles. The van der Waals surface area contributed by atoms with Crippen molar-refractivity contribution in [1.29, 1.82) is 0 Å². The third kappa shape index (κ3) is 3.10. The summed E-state index contributed by atoms with van der Waals surface area (Å²) in [6, 6.07) is 0. The highest BCUT2D eigenvalue weighted by molar-refractivity contribution is 5.73. The van der Waals surface area contributed by atoms with Crippen LogP contribution in [0, 0.1) is 39.9 Å². The molecule has 4 rings (SSSR count). The molecular weight excluding hydrogens is 400 g/mol. The number of rotatable bonds is 3. The quantitative estimate of drug-likeness (QED) is 0.672. The zero-order valence-corrected chi connectivity index (χ0v) is 19.2. The minimum absolute atomic E-state index is 0.000703. The first-order chi connectivity index (χ1) is 15.7. The first-order valence-corrected chi connectivity index (χ1v) is 11.4. The minimum Gasteiger partial charge on any atom is -0.469 e. The van der Waals surface area contributed by atoms with Crippen molar-refractivity contribution < 1.29 is 37.8 Å². The highest BCUT2D eigenvalue weighted by Gasteiger charge is 2.76. The van der Waals surface area contributed by atoms with Gasteiger partial charge in [0.1, 0.15) is 6.10 Å². The summed E-state index contributed by atoms with van der Waals surface area (Å²) >= 11 is 0. The van der Waals surface area contributed by atoms with Gasteiger partial charge in [0.05, 0.1) is 22.6 Å². The molecule has 0 bridgehead atoms. The van der Waals surface area contributed by atoms with E-state index in [9.17, 15) is 14.7 Å². The van der Waals surface area contributed by atoms with E-state index in [4.69, 9.17) is 23.1 Å². The number of hydrogen-bond donors (Lipinski definition) is 1. The van der Waals surface area contributed by atoms with Gasteiger partial charge >= 0.3 is 11.9 Å². The summed E-state index contributed by atoms with van der Waals surface area (Å²) in [5, 5.41) is 11.5. The van der Waals surface area contributed by atoms with Crippen LogP contribution in [0.3, 0.4) is 0 Å². The Morgan fingerprint density at radius 3 is 2.55 bits per heavy atom. The molecule has 31 heavy (non-hydrogen) atoms. The molecule has 7 nitrogen and oxygen atoms in total. The summed E-state index contributed by atoms with van der Waals surface area (Å²) in [7, 11) is -1.51. The third-order valence-electron chi connectivity index (χ3n) is 9.37. The lowest BCUT2D eigenvalue weighted by molar-refractivity contribution is -0.275. The number of carbonyl (C=O) groups excluding carboxylic acids is 2. The summed E-state index contributed by atoms with van der Waals surface area (Å²) in [5.74, 6) is -2.51. The average molecular weight is 442 g/mol. The lowest BCUT2D eigenvalue weighted by Crippen LogP contribution is -2.69. The van der Waals surface area contributed by atoms with Crippen LogP contribution in [-0.4, -0.2) is 49.9 Å². The molecule has 1 saturated heterocycles. The molecule has 1 aliphatic heterocycles. The molecule has 176 valence electrons. The molecule has 0 unspecified atom stereocenters. The molecule has 4 fully saturated rings. The van der Waals surface area contributed by atoms with Gasteiger partial charge in [0.25, 0.3) is 0 Å². The topological polar surface area (TPSA) is 91.3 Å². The standard InChI is InChI=1S/C24H38O7/c1-13(25)30-17-12-16-22(2,3)10-7-11-23(16,4)15-9-8-14(19(26)28-5)18-20(29-6)31-21(27)24(15,17)18/h14-18,20-21,27H,7-12H2,1-6H3/t14-,15-,16+,17-,18+,20-,21+,23-,24-/m1/s1/i6D3. The molecule has 9 atom stereocenters. The first kappa shape index (κ1) is 19.3. The third-order valence-corrected chi connectivity index (χ3v) is 9.37. The summed E-state index contributed by atoms with van der Waals surface area (Å²) in [5.41, 5.74) is -1.39. The van der Waals surface area contributed by atoms with Crippen molar-refractivity contribution in [3.63, 3.8) is 0 Å². The van der Waals surface area contributed by atoms with Gasteiger partial charge in [-0.05, 0) is 54.8 Å². The summed E-state index contributed by atoms with van der Waals surface area (Å²) < 4.78 is 45.2. The molecule has 0 aromatic heterocycles. The zero-order valence-electron chi connectivity index (χ0n) is 22.2. The number of ether oxygens (including phenoxy) is 4. The van der Waals surface area contributed by atoms with Crippen LogP contribution in [0.25, 0.3) is 0 Å². The molecule has 1 spiro atoms. The average Bonchev–Trinajstić information content (AvgIpc) is 2.98. The fourth-order valence-corrected chi connectivity index (χ4v) is 8.40. The van der Waals surface area contributed by atoms with Crippen molar-refractivity contribution in [3.05, 3.63) is 0 Å². The van der Waals surface area contributed by atoms with E-state index in [0.717, 1.165) is 19.3 Å². The second kappa shape index (κ2) is 7.70. The van der Waals surface area contributed by atoms with Gasteiger partial charge in [-0.1, -0.05) is 27.2 Å². The molecule has 7 heteroatoms. The van der Waals surface area contributed by atoms with Crippen LogP contribution in [0.4, 0.5) is 0 Å². The number of carbonyl (C=O) groups is 2. The van der Waals surface area contributed by atoms with E-state index in [1.807, 2.05) is 0 Å². The second-order valence-corrected chi connectivity index (χ2v) is 11.0. The second-order valence-electron chi connectivity index (χ2n) is 11.0. The van der Waals surface area contributed by atoms with E-state index in [2.05, 4.69) is 20.8 Å². The van der Waals surface area contributed by atoms with Gasteiger partial charge in [0, 0.05) is 19.9 Å². The molecule has 0 amide bonds. The highest BCUT2D eigenvalue weighted by Crippen LogP contribution is 2.72. The number of methoxy groups -OCH3 is 2. The Morgan fingerprint density at radius 2 is 1.90 bits per heavy atom. The van der Waals surface area contributed by atoms with Crippen molar-refractivity contribution in [2.45, 2.75) is 84.9 Å². The van der Waals surface area contributed by atoms with Crippen LogP contribution in [0.15, 0.2) is 0 Å². The van der Waals surface area contributed by atoms with Gasteiger partial charge in [-0.25, -0.2) is 0 Å². The molecule has 0 radical (unpaired) electrons. The van der Waals surface area contributed by atoms with E-state index in [1.165, 1.54) is 14.0 Å². The van der Waals surface area contributed by atoms with E-state index >= 15 is 0 Å². The molecule has 1 heterocycles. The van der Waals surface area contributed by atoms with Crippen LogP contribution >= 0.6 is 0 Å². The molecule has 0 aromatic rings. The van der Waals surface area contributed by atoms with Gasteiger partial charge in [-0.3, -0.25) is 9.59 Å². The van der Waals surface area contributed by atoms with E-state index in [1.54, 1.807) is 0 Å². The van der Waals surface area contributed by atoms with Crippen molar-refractivity contribution >= 4 is 11.9 Å². The maximum atomic E-state index is 12.9. The maximum Gasteiger partial charge on any atom is 0.309 e. The predicted molar refractivity (Wildman–Crippen MR) is 111 cm³/mol. The van der Waals surface area contributed by atoms with Gasteiger partial charge in [-0.15, -0.1) is 0 Å². The zero-order chi connectivity index (χ0) is 25.3. The normalized spacial score (nSPS) is 50.0. The largest absolute Gasteiger partial charge is 0.469 e. The van der Waals surface area contributed by atoms with E-state index in [-0.39, 0.29) is 22.7 Å². The Balaban J connectivity index is 1.90. The monoisotopic (exact) mass is 441 g/mol. The predicted octanol–water partition coefficient (Wildman–Crippen LogP) is 3.28. The van der Waals surface area contributed by atoms with Gasteiger partial charge < -0.3 is 24.1 Å². The number of hydrogen-bond acceptors (Lipinski definition) is 7. The lowest BCUT2D eigenvalue weighted by Gasteiger charge is -2.67. The Kier molecular flexibility index (Phi) is 4.80. The van der Waals surface area contributed by atoms with Gasteiger partial charge in [0.2, 0.25) is 0 Å². The number of aliphatic hydroxyl groups is 1. The Bertz CT molecular complexity index is 830. The fraction of sp³-hybridized carbons (Fsp3) is 0.917. The van der Waals surface area contributed by atoms with Crippen LogP contribution in [0.5, 0.6) is 0 Å². The van der Waals surface area contributed by atoms with Crippen molar-refractivity contribution in [2.75, 3.05) is 14.1 Å². The summed E-state index contributed by atoms with van der Waals surface area (Å²) in [6.45, 7) is 8.07. The fourth-order valence-electron chi connectivity index (χ4n) is 8.40. The number of aliphatic hydroxyl groups excluding tert-OH is 1. The van der Waals surface area contributed by atoms with Crippen molar-refractivity contribution in [3.8, 4) is 0 Å². The maximum absolute atomic E-state index is 12.9. The Morgan fingerprint density at radius 1 is 1.16 bits per heavy atom. The van der Waals surface area contributed by atoms with Crippen molar-refractivity contribution in [1.82, 2.24) is 0 Å². The van der Waals surface area contributed by atoms with Crippen molar-refractivity contribution in [2.24, 2.45) is 39.9 Å². The molecule has 3 aliphatic carbocycles. The van der Waals surface area contributed by atoms with Gasteiger partial charge in [-0.2, -0.15) is 0 Å². The minimum atomic E-state index is -2.80. The SMILES string of the molecule is [2H]C([2H])([2H])O[C@@H]1O[C@H](O)[C@]23[C@H]1[C@H](C(=O)OC)CC[C@@H]2[C@@]1(C)CCCC(C)(C)[C@@H]1C[C@H]3OC(C)=O. The number of esters is 2. The van der Waals surface area contributed by atoms with Gasteiger partial charge in [0.15, 0.2) is 12.6 Å². The van der Waals surface area contributed by atoms with Crippen LogP contribution < -0.4 is 0 Å². The highest BCUT2D eigenvalue weighted by atomic mass is 16.7. The smallest absolute Gasteiger partial charge is 0.309 e. The van der Waals surface area contributed by atoms with E-state index < -0.39 is 54.9 Å².